The third-order valence-electron chi connectivity index (χ3n) is 0.213. The van der Waals surface area contributed by atoms with Gasteiger partial charge in [-0.05, 0) is 0 Å². The van der Waals surface area contributed by atoms with E-state index in [2.05, 4.69) is 4.31 Å². The fraction of sp³-hybridized carbons (Fsp3) is 0. The molecule has 0 amide bonds. The molecule has 13 heteroatoms. The summed E-state index contributed by atoms with van der Waals surface area (Å²) in [4.78, 5) is 31.0. The second kappa shape index (κ2) is 9.69. The molecule has 0 heterocycles. The van der Waals surface area contributed by atoms with Gasteiger partial charge in [0.15, 0.2) is 0 Å². The molecule has 13 heavy (non-hydrogen) atoms. The van der Waals surface area contributed by atoms with Gasteiger partial charge in [0.1, 0.15) is 0 Å². The van der Waals surface area contributed by atoms with Gasteiger partial charge in [0, 0.05) is 0 Å². The molecule has 0 aromatic heterocycles. The van der Waals surface area contributed by atoms with E-state index in [0.29, 0.717) is 0 Å². The van der Waals surface area contributed by atoms with Crippen LogP contribution in [-0.2, 0) is 13.4 Å². The van der Waals surface area contributed by atoms with Crippen molar-refractivity contribution >= 4 is 45.2 Å². The topological polar surface area (TPSA) is 219 Å². The van der Waals surface area contributed by atoms with E-state index in [1.54, 1.807) is 0 Å². The van der Waals surface area contributed by atoms with Gasteiger partial charge in [0.25, 0.3) is 0 Å². The van der Waals surface area contributed by atoms with Crippen LogP contribution in [0.25, 0.3) is 0 Å². The van der Waals surface area contributed by atoms with Gasteiger partial charge in [-0.15, -0.1) is 0 Å². The predicted octanol–water partition coefficient (Wildman–Crippen LogP) is -3.93. The minimum atomic E-state index is -5.05. The van der Waals surface area contributed by atoms with Crippen LogP contribution in [-0.4, -0.2) is 65.6 Å². The molecule has 10 N–H and O–H groups in total. The second-order valence-corrected chi connectivity index (χ2v) is 3.68. The molecule has 0 rings (SSSR count). The molecule has 0 saturated carbocycles. The fourth-order valence-electron chi connectivity index (χ4n) is 0.139. The fourth-order valence-corrected chi connectivity index (χ4v) is 1.25. The molecule has 0 saturated heterocycles. The Hall–Kier alpha value is 1.14. The number of hydrogen-bond acceptors (Lipinski definition) is 3. The van der Waals surface area contributed by atoms with Crippen LogP contribution in [0.3, 0.4) is 0 Å². The van der Waals surface area contributed by atoms with E-state index in [1.165, 1.54) is 0 Å². The molecule has 0 atom stereocenters. The normalized spacial score (nSPS) is 9.54. The molecule has 0 aromatic rings. The molecule has 0 aliphatic heterocycles. The van der Waals surface area contributed by atoms with E-state index in [4.69, 9.17) is 19.6 Å². The zero-order valence-corrected chi connectivity index (χ0v) is 7.20. The zero-order chi connectivity index (χ0) is 7.71. The summed E-state index contributed by atoms with van der Waals surface area (Å²) in [6.45, 7) is 0. The third kappa shape index (κ3) is 32.0. The number of rotatable bonds is 2. The molecule has 10 nitrogen and oxygen atoms in total. The third-order valence-corrected chi connectivity index (χ3v) is 1.91. The van der Waals surface area contributed by atoms with Crippen molar-refractivity contribution in [1.82, 2.24) is 0 Å². The summed E-state index contributed by atoms with van der Waals surface area (Å²) in [5, 5.41) is 0. The Bertz CT molecular complexity index is 153. The molecule has 0 aliphatic rings. The average molecular weight is 256 g/mol. The summed E-state index contributed by atoms with van der Waals surface area (Å²) in [6, 6.07) is 0. The monoisotopic (exact) mass is 256 g/mol. The van der Waals surface area contributed by atoms with Gasteiger partial charge in [0.05, 0.1) is 0 Å². The molecule has 0 aliphatic carbocycles. The van der Waals surface area contributed by atoms with Gasteiger partial charge < -0.3 is 36.0 Å². The Morgan fingerprint density at radius 2 is 0.923 bits per heavy atom. The van der Waals surface area contributed by atoms with E-state index in [0.717, 1.165) is 0 Å². The van der Waals surface area contributed by atoms with Crippen molar-refractivity contribution in [3.05, 3.63) is 0 Å². The maximum atomic E-state index is 9.63. The van der Waals surface area contributed by atoms with Crippen molar-refractivity contribution in [1.29, 1.82) is 0 Å². The van der Waals surface area contributed by atoms with Crippen molar-refractivity contribution in [3.8, 4) is 0 Å². The first kappa shape index (κ1) is 29.2. The van der Waals surface area contributed by atoms with Crippen LogP contribution in [0.2, 0.25) is 0 Å². The molecular weight excluding hydrogens is 245 g/mol. The maximum absolute atomic E-state index is 9.63. The second-order valence-electron chi connectivity index (χ2n) is 1.06. The van der Waals surface area contributed by atoms with E-state index >= 15 is 0 Å². The van der Waals surface area contributed by atoms with Crippen LogP contribution in [0.5, 0.6) is 0 Å². The van der Waals surface area contributed by atoms with Gasteiger partial charge in [0.2, 0.25) is 0 Å². The Balaban J connectivity index is -0.0000000533. The van der Waals surface area contributed by atoms with Gasteiger partial charge in [-0.3, -0.25) is 0 Å². The van der Waals surface area contributed by atoms with Crippen molar-refractivity contribution in [3.63, 3.8) is 0 Å². The summed E-state index contributed by atoms with van der Waals surface area (Å²) >= 11 is 0. The molecular formula is H11NaO10P2. The first-order valence-electron chi connectivity index (χ1n) is 1.53. The summed E-state index contributed by atoms with van der Waals surface area (Å²) in [6.07, 6.45) is 0. The molecule has 0 aromatic carbocycles. The summed E-state index contributed by atoms with van der Waals surface area (Å²) in [5.74, 6) is 0. The van der Waals surface area contributed by atoms with Gasteiger partial charge in [-0.2, -0.15) is 4.31 Å². The van der Waals surface area contributed by atoms with E-state index < -0.39 is 15.6 Å². The van der Waals surface area contributed by atoms with Gasteiger partial charge in [-0.25, -0.2) is 9.13 Å². The summed E-state index contributed by atoms with van der Waals surface area (Å²) < 4.78 is 22.2. The van der Waals surface area contributed by atoms with Crippen molar-refractivity contribution in [2.24, 2.45) is 0 Å². The first-order chi connectivity index (χ1) is 3.71. The Morgan fingerprint density at radius 1 is 0.769 bits per heavy atom. The summed E-state index contributed by atoms with van der Waals surface area (Å²) in [5.41, 5.74) is 0. The van der Waals surface area contributed by atoms with Crippen LogP contribution in [0.4, 0.5) is 0 Å². The van der Waals surface area contributed by atoms with Gasteiger partial charge in [-0.1, -0.05) is 0 Å². The van der Waals surface area contributed by atoms with Crippen LogP contribution < -0.4 is 0 Å². The average Bonchev–Trinajstić information content (AvgIpc) is 1.14. The SMILES string of the molecule is O.O.O.O=P(O)(O)OP(=O)(O)O.[NaH]. The van der Waals surface area contributed by atoms with Crippen LogP contribution >= 0.6 is 15.6 Å². The van der Waals surface area contributed by atoms with Crippen molar-refractivity contribution in [2.45, 2.75) is 0 Å². The first-order valence-corrected chi connectivity index (χ1v) is 4.59. The number of hydrogen-bond donors (Lipinski definition) is 4. The van der Waals surface area contributed by atoms with E-state index in [9.17, 15) is 9.13 Å². The van der Waals surface area contributed by atoms with E-state index in [1.807, 2.05) is 0 Å². The quantitative estimate of drug-likeness (QED) is 0.283. The number of phosphoric acid groups is 2. The summed E-state index contributed by atoms with van der Waals surface area (Å²) in [7, 11) is -10.1. The Kier molecular flexibility index (Phi) is 21.8. The minimum absolute atomic E-state index is 0. The Morgan fingerprint density at radius 3 is 0.923 bits per heavy atom. The molecule has 0 bridgehead atoms. The van der Waals surface area contributed by atoms with E-state index in [-0.39, 0.29) is 46.0 Å². The van der Waals surface area contributed by atoms with Crippen molar-refractivity contribution in [2.75, 3.05) is 0 Å². The molecule has 0 spiro atoms. The molecule has 0 radical (unpaired) electrons. The standard InChI is InChI=1S/Na.H4O7P2.3H2O.H/c;1-8(2,3)7-9(4,5)6;;;;/h;(H2,1,2,3)(H2,4,5,6);3*1H2;. The molecule has 0 unspecified atom stereocenters. The van der Waals surface area contributed by atoms with Crippen molar-refractivity contribution < 1.29 is 49.4 Å². The van der Waals surface area contributed by atoms with Gasteiger partial charge >= 0.3 is 45.2 Å². The predicted molar refractivity (Wildman–Crippen MR) is 43.2 cm³/mol. The molecule has 82 valence electrons. The van der Waals surface area contributed by atoms with Crippen LogP contribution in [0, 0.1) is 0 Å². The Labute approximate surface area is 94.6 Å². The molecule has 0 fully saturated rings. The van der Waals surface area contributed by atoms with Crippen LogP contribution in [0.15, 0.2) is 0 Å². The van der Waals surface area contributed by atoms with Crippen LogP contribution in [0.1, 0.15) is 0 Å². The zero-order valence-electron chi connectivity index (χ0n) is 5.41.